The molecule has 32 heavy (non-hydrogen) atoms. The van der Waals surface area contributed by atoms with Gasteiger partial charge in [-0.25, -0.2) is 4.79 Å². The van der Waals surface area contributed by atoms with Crippen molar-refractivity contribution in [1.82, 2.24) is 4.40 Å². The largest absolute Gasteiger partial charge is 0.458 e. The van der Waals surface area contributed by atoms with Crippen LogP contribution >= 0.6 is 0 Å². The summed E-state index contributed by atoms with van der Waals surface area (Å²) in [5, 5.41) is 0. The summed E-state index contributed by atoms with van der Waals surface area (Å²) in [7, 11) is 0. The van der Waals surface area contributed by atoms with Crippen molar-refractivity contribution in [3.8, 4) is 0 Å². The molecule has 2 heterocycles. The van der Waals surface area contributed by atoms with Gasteiger partial charge in [0.25, 0.3) is 0 Å². The van der Waals surface area contributed by atoms with Crippen LogP contribution in [-0.2, 0) is 4.74 Å². The fourth-order valence-corrected chi connectivity index (χ4v) is 6.50. The van der Waals surface area contributed by atoms with E-state index >= 15 is 0 Å². The van der Waals surface area contributed by atoms with Gasteiger partial charge in [-0.15, -0.1) is 0 Å². The number of hydrogen-bond acceptors (Lipinski definition) is 4. The Balaban J connectivity index is 1.49. The van der Waals surface area contributed by atoms with Crippen LogP contribution in [0.2, 0.25) is 0 Å². The van der Waals surface area contributed by atoms with Gasteiger partial charge in [-0.05, 0) is 42.7 Å². The first kappa shape index (κ1) is 19.5. The molecule has 3 atom stereocenters. The molecule has 0 saturated heterocycles. The molecule has 3 aliphatic carbocycles. The van der Waals surface area contributed by atoms with Gasteiger partial charge >= 0.3 is 5.97 Å². The molecule has 2 fully saturated rings. The first-order valence-corrected chi connectivity index (χ1v) is 11.3. The molecule has 3 aromatic rings. The molecule has 5 heteroatoms. The molecule has 0 radical (unpaired) electrons. The van der Waals surface area contributed by atoms with Gasteiger partial charge in [0.1, 0.15) is 11.8 Å². The Labute approximate surface area is 186 Å². The summed E-state index contributed by atoms with van der Waals surface area (Å²) in [5.74, 6) is -0.529. The molecule has 0 amide bonds. The standard InChI is InChI=1S/C27H25NO4/c1-26(2)15-11-12-27(26,3)19(14-15)32-25(31)20-18-10-6-7-13-28(18)22-21(20)23(29)16-8-4-5-9-17(16)24(22)30/h4-10,13,15,19H,11-12,14H2,1-3H3/t15-,19+,27-/m0/s1. The van der Waals surface area contributed by atoms with Crippen LogP contribution in [0.5, 0.6) is 0 Å². The molecule has 0 aliphatic heterocycles. The molecule has 2 saturated carbocycles. The Bertz CT molecular complexity index is 1350. The summed E-state index contributed by atoms with van der Waals surface area (Å²) in [6.45, 7) is 6.76. The zero-order chi connectivity index (χ0) is 22.4. The van der Waals surface area contributed by atoms with Gasteiger partial charge in [-0.1, -0.05) is 51.1 Å². The van der Waals surface area contributed by atoms with Crippen LogP contribution in [0.25, 0.3) is 5.52 Å². The van der Waals surface area contributed by atoms with Gasteiger partial charge in [-0.3, -0.25) is 9.59 Å². The highest BCUT2D eigenvalue weighted by molar-refractivity contribution is 6.31. The lowest BCUT2D eigenvalue weighted by molar-refractivity contribution is -0.0241. The molecule has 162 valence electrons. The molecule has 3 aliphatic rings. The average molecular weight is 428 g/mol. The smallest absolute Gasteiger partial charge is 0.341 e. The van der Waals surface area contributed by atoms with Crippen molar-refractivity contribution in [3.63, 3.8) is 0 Å². The zero-order valence-electron chi connectivity index (χ0n) is 18.5. The highest BCUT2D eigenvalue weighted by Crippen LogP contribution is 2.66. The number of ketones is 2. The van der Waals surface area contributed by atoms with E-state index in [1.54, 1.807) is 47.0 Å². The van der Waals surface area contributed by atoms with Crippen molar-refractivity contribution in [3.05, 3.63) is 76.6 Å². The first-order valence-electron chi connectivity index (χ1n) is 11.3. The van der Waals surface area contributed by atoms with E-state index in [9.17, 15) is 14.4 Å². The lowest BCUT2D eigenvalue weighted by atomic mass is 9.70. The predicted molar refractivity (Wildman–Crippen MR) is 119 cm³/mol. The zero-order valence-corrected chi connectivity index (χ0v) is 18.5. The van der Waals surface area contributed by atoms with Crippen LogP contribution < -0.4 is 0 Å². The number of hydrogen-bond donors (Lipinski definition) is 0. The van der Waals surface area contributed by atoms with E-state index in [1.807, 2.05) is 6.07 Å². The van der Waals surface area contributed by atoms with Gasteiger partial charge in [0.05, 0.1) is 16.6 Å². The predicted octanol–water partition coefficient (Wildman–Crippen LogP) is 5.09. The lowest BCUT2D eigenvalue weighted by Gasteiger charge is -2.38. The molecular formula is C27H25NO4. The SMILES string of the molecule is CC1(C)[C@H]2CC[C@@]1(C)[C@H](OC(=O)c1c3c(n4ccccc14)C(=O)c1ccccc1C3=O)C2. The highest BCUT2D eigenvalue weighted by Gasteiger charge is 2.63. The maximum Gasteiger partial charge on any atom is 0.341 e. The molecule has 0 unspecified atom stereocenters. The Morgan fingerprint density at radius 1 is 1.00 bits per heavy atom. The Morgan fingerprint density at radius 2 is 1.69 bits per heavy atom. The van der Waals surface area contributed by atoms with E-state index < -0.39 is 5.97 Å². The molecule has 5 nitrogen and oxygen atoms in total. The quantitative estimate of drug-likeness (QED) is 0.418. The van der Waals surface area contributed by atoms with Crippen LogP contribution in [0, 0.1) is 16.7 Å². The van der Waals surface area contributed by atoms with Crippen molar-refractivity contribution in [2.24, 2.45) is 16.7 Å². The number of fused-ring (bicyclic) bond motifs is 6. The number of nitrogens with zero attached hydrogens (tertiary/aromatic N) is 1. The van der Waals surface area contributed by atoms with Crippen molar-refractivity contribution in [2.45, 2.75) is 46.1 Å². The summed E-state index contributed by atoms with van der Waals surface area (Å²) in [4.78, 5) is 40.5. The van der Waals surface area contributed by atoms with Gasteiger partial charge in [0.15, 0.2) is 5.78 Å². The molecule has 2 aromatic heterocycles. The fourth-order valence-electron chi connectivity index (χ4n) is 6.50. The van der Waals surface area contributed by atoms with E-state index in [-0.39, 0.29) is 45.3 Å². The normalized spacial score (nSPS) is 27.5. The second kappa shape index (κ2) is 6.18. The van der Waals surface area contributed by atoms with E-state index in [4.69, 9.17) is 4.74 Å². The van der Waals surface area contributed by atoms with E-state index in [1.165, 1.54) is 0 Å². The van der Waals surface area contributed by atoms with Gasteiger partial charge < -0.3 is 9.14 Å². The number of rotatable bonds is 2. The Morgan fingerprint density at radius 3 is 2.34 bits per heavy atom. The number of carbonyl (C=O) groups is 3. The number of carbonyl (C=O) groups excluding carboxylic acids is 3. The summed E-state index contributed by atoms with van der Waals surface area (Å²) >= 11 is 0. The minimum atomic E-state index is -0.509. The van der Waals surface area contributed by atoms with Crippen molar-refractivity contribution in [2.75, 3.05) is 0 Å². The summed E-state index contributed by atoms with van der Waals surface area (Å²) in [6.07, 6.45) is 4.57. The van der Waals surface area contributed by atoms with Gasteiger partial charge in [0, 0.05) is 22.7 Å². The van der Waals surface area contributed by atoms with Crippen LogP contribution in [0.3, 0.4) is 0 Å². The third-order valence-corrected chi connectivity index (χ3v) is 8.87. The van der Waals surface area contributed by atoms with Crippen LogP contribution in [-0.4, -0.2) is 28.0 Å². The van der Waals surface area contributed by atoms with E-state index in [0.29, 0.717) is 22.6 Å². The minimum Gasteiger partial charge on any atom is -0.458 e. The summed E-state index contributed by atoms with van der Waals surface area (Å²) in [5.41, 5.74) is 1.87. The Kier molecular flexibility index (Phi) is 3.76. The minimum absolute atomic E-state index is 0.0879. The number of ether oxygens (including phenoxy) is 1. The summed E-state index contributed by atoms with van der Waals surface area (Å²) in [6, 6.07) is 12.2. The molecule has 0 N–H and O–H groups in total. The third kappa shape index (κ3) is 2.21. The van der Waals surface area contributed by atoms with Crippen molar-refractivity contribution >= 4 is 23.1 Å². The molecule has 6 rings (SSSR count). The maximum atomic E-state index is 13.6. The molecular weight excluding hydrogens is 402 g/mol. The Hall–Kier alpha value is -3.21. The first-order chi connectivity index (χ1) is 15.3. The van der Waals surface area contributed by atoms with Crippen LogP contribution in [0.15, 0.2) is 48.7 Å². The second-order valence-electron chi connectivity index (χ2n) is 10.3. The van der Waals surface area contributed by atoms with Gasteiger partial charge in [0.2, 0.25) is 5.78 Å². The number of aromatic nitrogens is 1. The molecule has 1 aromatic carbocycles. The van der Waals surface area contributed by atoms with Crippen molar-refractivity contribution < 1.29 is 19.1 Å². The number of pyridine rings is 1. The number of esters is 1. The monoisotopic (exact) mass is 427 g/mol. The second-order valence-corrected chi connectivity index (χ2v) is 10.3. The topological polar surface area (TPSA) is 64.8 Å². The summed E-state index contributed by atoms with van der Waals surface area (Å²) < 4.78 is 7.82. The highest BCUT2D eigenvalue weighted by atomic mass is 16.5. The van der Waals surface area contributed by atoms with Crippen LogP contribution in [0.1, 0.15) is 82.4 Å². The average Bonchev–Trinajstić information content (AvgIpc) is 3.31. The van der Waals surface area contributed by atoms with E-state index in [0.717, 1.165) is 19.3 Å². The third-order valence-electron chi connectivity index (χ3n) is 8.87. The fraction of sp³-hybridized carbons (Fsp3) is 0.370. The van der Waals surface area contributed by atoms with Crippen molar-refractivity contribution in [1.29, 1.82) is 0 Å². The maximum absolute atomic E-state index is 13.6. The number of benzene rings is 1. The lowest BCUT2D eigenvalue weighted by Crippen LogP contribution is -2.38. The van der Waals surface area contributed by atoms with Gasteiger partial charge in [-0.2, -0.15) is 0 Å². The van der Waals surface area contributed by atoms with Crippen LogP contribution in [0.4, 0.5) is 0 Å². The molecule has 0 spiro atoms. The molecule has 2 bridgehead atoms. The van der Waals surface area contributed by atoms with E-state index in [2.05, 4.69) is 20.8 Å².